The van der Waals surface area contributed by atoms with E-state index >= 15 is 0 Å². The lowest BCUT2D eigenvalue weighted by Gasteiger charge is -2.10. The van der Waals surface area contributed by atoms with E-state index in [1.54, 1.807) is 6.07 Å². The number of hydrogen-bond donors (Lipinski definition) is 1. The molecule has 20 heavy (non-hydrogen) atoms. The molecule has 0 aliphatic rings. The van der Waals surface area contributed by atoms with Crippen molar-refractivity contribution < 1.29 is 18.7 Å². The number of methoxy groups -OCH3 is 1. The third-order valence-electron chi connectivity index (χ3n) is 2.55. The highest BCUT2D eigenvalue weighted by atomic mass is 79.9. The Morgan fingerprint density at radius 2 is 2.00 bits per heavy atom. The molecule has 0 saturated carbocycles. The molecular weight excluding hydrogens is 329 g/mol. The smallest absolute Gasteiger partial charge is 0.337 e. The first-order valence-corrected chi connectivity index (χ1v) is 6.41. The highest BCUT2D eigenvalue weighted by Crippen LogP contribution is 2.30. The number of nitrogen functional groups attached to an aromatic ring is 1. The molecule has 0 bridgehead atoms. The summed E-state index contributed by atoms with van der Waals surface area (Å²) in [5.74, 6) is -0.420. The molecule has 0 heterocycles. The van der Waals surface area contributed by atoms with Gasteiger partial charge in [0.1, 0.15) is 11.6 Å². The van der Waals surface area contributed by atoms with Crippen molar-refractivity contribution in [1.82, 2.24) is 0 Å². The molecule has 6 heteroatoms. The van der Waals surface area contributed by atoms with Crippen LogP contribution in [0.25, 0.3) is 0 Å². The van der Waals surface area contributed by atoms with E-state index in [1.807, 2.05) is 0 Å². The molecule has 0 aliphatic heterocycles. The zero-order chi connectivity index (χ0) is 14.7. The number of hydrogen-bond acceptors (Lipinski definition) is 4. The summed E-state index contributed by atoms with van der Waals surface area (Å²) in [6.45, 7) is 0. The summed E-state index contributed by atoms with van der Waals surface area (Å²) in [7, 11) is 1.28. The predicted octanol–water partition coefficient (Wildman–Crippen LogP) is 3.75. The van der Waals surface area contributed by atoms with Gasteiger partial charge in [0, 0.05) is 6.07 Å². The molecular formula is C14H11BrFNO3. The Morgan fingerprint density at radius 1 is 1.25 bits per heavy atom. The number of anilines is 1. The number of esters is 1. The van der Waals surface area contributed by atoms with Crippen molar-refractivity contribution in [2.24, 2.45) is 0 Å². The SMILES string of the molecule is COC(=O)c1ccc(N)c(Oc2ccc(Br)c(F)c2)c1. The molecule has 2 rings (SSSR count). The van der Waals surface area contributed by atoms with E-state index in [0.29, 0.717) is 15.7 Å². The van der Waals surface area contributed by atoms with Crippen molar-refractivity contribution in [2.75, 3.05) is 12.8 Å². The second-order valence-corrected chi connectivity index (χ2v) is 4.78. The monoisotopic (exact) mass is 339 g/mol. The lowest BCUT2D eigenvalue weighted by molar-refractivity contribution is 0.0600. The van der Waals surface area contributed by atoms with Gasteiger partial charge in [-0.3, -0.25) is 0 Å². The van der Waals surface area contributed by atoms with Gasteiger partial charge in [-0.15, -0.1) is 0 Å². The van der Waals surface area contributed by atoms with Crippen molar-refractivity contribution >= 4 is 27.6 Å². The van der Waals surface area contributed by atoms with Gasteiger partial charge in [0.15, 0.2) is 5.75 Å². The number of rotatable bonds is 3. The van der Waals surface area contributed by atoms with Crippen LogP contribution >= 0.6 is 15.9 Å². The maximum atomic E-state index is 13.4. The van der Waals surface area contributed by atoms with Gasteiger partial charge in [0.2, 0.25) is 0 Å². The molecule has 2 aromatic rings. The number of carbonyl (C=O) groups excluding carboxylic acids is 1. The number of nitrogens with two attached hydrogens (primary N) is 1. The van der Waals surface area contributed by atoms with E-state index in [-0.39, 0.29) is 11.5 Å². The Balaban J connectivity index is 2.32. The van der Waals surface area contributed by atoms with Crippen LogP contribution in [0.1, 0.15) is 10.4 Å². The van der Waals surface area contributed by atoms with Crippen LogP contribution < -0.4 is 10.5 Å². The molecule has 0 aliphatic carbocycles. The Hall–Kier alpha value is -2.08. The number of benzene rings is 2. The van der Waals surface area contributed by atoms with Crippen molar-refractivity contribution in [3.8, 4) is 11.5 Å². The van der Waals surface area contributed by atoms with Gasteiger partial charge >= 0.3 is 5.97 Å². The van der Waals surface area contributed by atoms with Gasteiger partial charge in [-0.25, -0.2) is 9.18 Å². The molecule has 104 valence electrons. The molecule has 0 fully saturated rings. The third kappa shape index (κ3) is 3.08. The van der Waals surface area contributed by atoms with Gasteiger partial charge in [0.25, 0.3) is 0 Å². The molecule has 0 amide bonds. The number of ether oxygens (including phenoxy) is 2. The highest BCUT2D eigenvalue weighted by molar-refractivity contribution is 9.10. The van der Waals surface area contributed by atoms with Gasteiger partial charge in [-0.05, 0) is 46.3 Å². The van der Waals surface area contributed by atoms with Crippen LogP contribution in [0.5, 0.6) is 11.5 Å². The first kappa shape index (κ1) is 14.3. The summed E-state index contributed by atoms with van der Waals surface area (Å²) in [5, 5.41) is 0. The van der Waals surface area contributed by atoms with Gasteiger partial charge in [-0.1, -0.05) is 0 Å². The van der Waals surface area contributed by atoms with E-state index in [1.165, 1.54) is 37.4 Å². The quantitative estimate of drug-likeness (QED) is 0.683. The van der Waals surface area contributed by atoms with E-state index in [4.69, 9.17) is 10.5 Å². The Kier molecular flexibility index (Phi) is 4.24. The first-order chi connectivity index (χ1) is 9.51. The Labute approximate surface area is 123 Å². The minimum Gasteiger partial charge on any atom is -0.465 e. The fourth-order valence-corrected chi connectivity index (χ4v) is 1.78. The van der Waals surface area contributed by atoms with Crippen molar-refractivity contribution in [1.29, 1.82) is 0 Å². The molecule has 2 N–H and O–H groups in total. The van der Waals surface area contributed by atoms with Crippen LogP contribution in [0.3, 0.4) is 0 Å². The van der Waals surface area contributed by atoms with Gasteiger partial charge < -0.3 is 15.2 Å². The summed E-state index contributed by atoms with van der Waals surface area (Å²) in [5.41, 5.74) is 6.40. The lowest BCUT2D eigenvalue weighted by Crippen LogP contribution is -2.02. The topological polar surface area (TPSA) is 61.5 Å². The second-order valence-electron chi connectivity index (χ2n) is 3.92. The van der Waals surface area contributed by atoms with E-state index in [2.05, 4.69) is 20.7 Å². The minimum absolute atomic E-state index is 0.259. The fourth-order valence-electron chi connectivity index (χ4n) is 1.53. The largest absolute Gasteiger partial charge is 0.465 e. The van der Waals surface area contributed by atoms with E-state index in [9.17, 15) is 9.18 Å². The average Bonchev–Trinajstić information content (AvgIpc) is 2.44. The van der Waals surface area contributed by atoms with Gasteiger partial charge in [-0.2, -0.15) is 0 Å². The maximum Gasteiger partial charge on any atom is 0.337 e. The molecule has 0 aromatic heterocycles. The molecule has 4 nitrogen and oxygen atoms in total. The zero-order valence-electron chi connectivity index (χ0n) is 10.5. The fraction of sp³-hybridized carbons (Fsp3) is 0.0714. The van der Waals surface area contributed by atoms with Crippen LogP contribution in [-0.4, -0.2) is 13.1 Å². The summed E-state index contributed by atoms with van der Waals surface area (Å²) in [6, 6.07) is 8.81. The minimum atomic E-state index is -0.503. The highest BCUT2D eigenvalue weighted by Gasteiger charge is 2.11. The van der Waals surface area contributed by atoms with Crippen molar-refractivity contribution in [2.45, 2.75) is 0 Å². The average molecular weight is 340 g/mol. The van der Waals surface area contributed by atoms with E-state index in [0.717, 1.165) is 0 Å². The molecule has 0 saturated heterocycles. The van der Waals surface area contributed by atoms with Crippen LogP contribution in [-0.2, 0) is 4.74 Å². The van der Waals surface area contributed by atoms with Crippen LogP contribution in [0.2, 0.25) is 0 Å². The molecule has 2 aromatic carbocycles. The summed E-state index contributed by atoms with van der Waals surface area (Å²) in [6.07, 6.45) is 0. The van der Waals surface area contributed by atoms with Crippen LogP contribution in [0.4, 0.5) is 10.1 Å². The summed E-state index contributed by atoms with van der Waals surface area (Å²) < 4.78 is 23.8. The van der Waals surface area contributed by atoms with Crippen molar-refractivity contribution in [3.63, 3.8) is 0 Å². The predicted molar refractivity (Wildman–Crippen MR) is 76.4 cm³/mol. The molecule has 0 radical (unpaired) electrons. The Bertz CT molecular complexity index is 661. The standard InChI is InChI=1S/C14H11BrFNO3/c1-19-14(18)8-2-5-12(17)13(6-8)20-9-3-4-10(15)11(16)7-9/h2-7H,17H2,1H3. The molecule has 0 atom stereocenters. The second kappa shape index (κ2) is 5.92. The molecule has 0 unspecified atom stereocenters. The lowest BCUT2D eigenvalue weighted by atomic mass is 10.2. The van der Waals surface area contributed by atoms with Crippen LogP contribution in [0.15, 0.2) is 40.9 Å². The summed E-state index contributed by atoms with van der Waals surface area (Å²) in [4.78, 5) is 11.4. The normalized spacial score (nSPS) is 10.2. The first-order valence-electron chi connectivity index (χ1n) is 5.62. The van der Waals surface area contributed by atoms with Crippen LogP contribution in [0, 0.1) is 5.82 Å². The summed E-state index contributed by atoms with van der Waals surface area (Å²) >= 11 is 3.05. The maximum absolute atomic E-state index is 13.4. The van der Waals surface area contributed by atoms with Gasteiger partial charge in [0.05, 0.1) is 22.8 Å². The zero-order valence-corrected chi connectivity index (χ0v) is 12.1. The number of halogens is 2. The molecule has 0 spiro atoms. The van der Waals surface area contributed by atoms with Crippen molar-refractivity contribution in [3.05, 3.63) is 52.3 Å². The van der Waals surface area contributed by atoms with E-state index < -0.39 is 11.8 Å². The Morgan fingerprint density at radius 3 is 2.65 bits per heavy atom. The number of carbonyl (C=O) groups is 1. The third-order valence-corrected chi connectivity index (χ3v) is 3.20.